The van der Waals surface area contributed by atoms with Gasteiger partial charge in [-0.3, -0.25) is 0 Å². The van der Waals surface area contributed by atoms with E-state index in [4.69, 9.17) is 0 Å². The molecule has 1 saturated carbocycles. The molecule has 139 valence electrons. The Morgan fingerprint density at radius 3 is 1.70 bits per heavy atom. The second-order valence-electron chi connectivity index (χ2n) is 7.21. The molecule has 0 aromatic heterocycles. The van der Waals surface area contributed by atoms with Gasteiger partial charge < -0.3 is 23.0 Å². The zero-order valence-corrected chi connectivity index (χ0v) is 20.8. The first-order valence-corrected chi connectivity index (χ1v) is 8.85. The summed E-state index contributed by atoms with van der Waals surface area (Å²) in [6.07, 6.45) is 9.04. The van der Waals surface area contributed by atoms with E-state index in [1.807, 2.05) is 6.92 Å². The van der Waals surface area contributed by atoms with Crippen LogP contribution in [-0.2, 0) is 0 Å². The Bertz CT molecular complexity index is 217. The first-order valence-electron chi connectivity index (χ1n) is 8.85. The third-order valence-corrected chi connectivity index (χ3v) is 3.72. The van der Waals surface area contributed by atoms with Gasteiger partial charge in [0.2, 0.25) is 0 Å². The Morgan fingerprint density at radius 2 is 1.35 bits per heavy atom. The molecule has 1 rings (SSSR count). The smallest absolute Gasteiger partial charge is 0 e. The van der Waals surface area contributed by atoms with Crippen molar-refractivity contribution in [1.82, 2.24) is 4.90 Å². The number of rotatable bonds is 8. The molecule has 0 aromatic rings. The topological polar surface area (TPSA) is 31.4 Å². The van der Waals surface area contributed by atoms with Gasteiger partial charge in [-0.15, -0.1) is 19.0 Å². The van der Waals surface area contributed by atoms with E-state index in [0.717, 1.165) is 5.92 Å². The third-order valence-electron chi connectivity index (χ3n) is 3.72. The molecule has 23 heavy (non-hydrogen) atoms. The quantitative estimate of drug-likeness (QED) is 0.425. The molecule has 0 saturated heterocycles. The second kappa shape index (κ2) is 17.9. The van der Waals surface area contributed by atoms with Crippen LogP contribution in [0.3, 0.4) is 0 Å². The van der Waals surface area contributed by atoms with Gasteiger partial charge in [0.25, 0.3) is 0 Å². The Hall–Kier alpha value is 1.07. The number of hydrogen-bond acceptors (Lipinski definition) is 1. The molecule has 0 N–H and O–H groups in total. The van der Waals surface area contributed by atoms with Crippen molar-refractivity contribution in [2.45, 2.75) is 91.4 Å². The predicted molar refractivity (Wildman–Crippen MR) is 103 cm³/mol. The van der Waals surface area contributed by atoms with Gasteiger partial charge in [-0.1, -0.05) is 53.4 Å². The molecular weight excluding hydrogens is 409 g/mol. The summed E-state index contributed by atoms with van der Waals surface area (Å²) in [5.74, 6) is 1.08. The van der Waals surface area contributed by atoms with Crippen molar-refractivity contribution in [2.24, 2.45) is 5.92 Å². The monoisotopic (exact) mass is 451 g/mol. The van der Waals surface area contributed by atoms with E-state index in [2.05, 4.69) is 57.3 Å². The van der Waals surface area contributed by atoms with E-state index in [-0.39, 0.29) is 49.2 Å². The van der Waals surface area contributed by atoms with Crippen LogP contribution in [0.2, 0.25) is 0 Å². The van der Waals surface area contributed by atoms with Crippen LogP contribution in [0, 0.1) is 48.9 Å². The molecule has 1 radical (unpaired) electrons. The Kier molecular flexibility index (Phi) is 22.4. The maximum Gasteiger partial charge on any atom is 0 e. The van der Waals surface area contributed by atoms with Crippen molar-refractivity contribution < 1.29 is 35.6 Å². The van der Waals surface area contributed by atoms with Gasteiger partial charge in [0.15, 0.2) is 0 Å². The first-order chi connectivity index (χ1) is 9.81. The molecule has 0 amide bonds. The summed E-state index contributed by atoms with van der Waals surface area (Å²) in [7, 11) is 4.32. The SMILES string of the molecule is CC(C)[N-]C(C)[N-]C(C)C.CN(C)CCCC1CCCC1.[CH3-].[La]. The Labute approximate surface area is 175 Å². The van der Waals surface area contributed by atoms with Gasteiger partial charge in [0, 0.05) is 35.6 Å². The fourth-order valence-corrected chi connectivity index (χ4v) is 2.90. The molecular formula is C19H42LaN3-3. The summed E-state index contributed by atoms with van der Waals surface area (Å²) >= 11 is 0. The van der Waals surface area contributed by atoms with Crippen molar-refractivity contribution in [3.8, 4) is 0 Å². The molecule has 1 aliphatic rings. The van der Waals surface area contributed by atoms with Crippen LogP contribution in [0.1, 0.15) is 73.1 Å². The molecule has 0 heterocycles. The van der Waals surface area contributed by atoms with Crippen molar-refractivity contribution in [2.75, 3.05) is 20.6 Å². The Balaban J connectivity index is -0.000000322. The van der Waals surface area contributed by atoms with Crippen LogP contribution in [0.4, 0.5) is 0 Å². The predicted octanol–water partition coefficient (Wildman–Crippen LogP) is 5.87. The summed E-state index contributed by atoms with van der Waals surface area (Å²) in [6.45, 7) is 11.6. The maximum absolute atomic E-state index is 4.35. The van der Waals surface area contributed by atoms with Crippen LogP contribution in [0.5, 0.6) is 0 Å². The van der Waals surface area contributed by atoms with Gasteiger partial charge in [-0.05, 0) is 39.4 Å². The minimum atomic E-state index is 0. The van der Waals surface area contributed by atoms with E-state index in [9.17, 15) is 0 Å². The minimum absolute atomic E-state index is 0. The molecule has 0 unspecified atom stereocenters. The van der Waals surface area contributed by atoms with Crippen LogP contribution in [-0.4, -0.2) is 43.8 Å². The third kappa shape index (κ3) is 21.0. The molecule has 1 aliphatic carbocycles. The van der Waals surface area contributed by atoms with Crippen LogP contribution < -0.4 is 0 Å². The van der Waals surface area contributed by atoms with Gasteiger partial charge >= 0.3 is 0 Å². The zero-order chi connectivity index (χ0) is 16.3. The zero-order valence-electron chi connectivity index (χ0n) is 17.2. The molecule has 0 bridgehead atoms. The maximum atomic E-state index is 4.35. The van der Waals surface area contributed by atoms with Crippen LogP contribution in [0.25, 0.3) is 10.6 Å². The summed E-state index contributed by atoms with van der Waals surface area (Å²) in [5.41, 5.74) is 0. The van der Waals surface area contributed by atoms with Crippen molar-refractivity contribution in [1.29, 1.82) is 0 Å². The van der Waals surface area contributed by atoms with Gasteiger partial charge in [-0.25, -0.2) is 6.17 Å². The first kappa shape index (κ1) is 28.9. The van der Waals surface area contributed by atoms with E-state index in [1.165, 1.54) is 45.1 Å². The molecule has 0 aliphatic heterocycles. The summed E-state index contributed by atoms with van der Waals surface area (Å²) in [4.78, 5) is 2.29. The number of nitrogens with zero attached hydrogens (tertiary/aromatic N) is 3. The van der Waals surface area contributed by atoms with Crippen molar-refractivity contribution in [3.63, 3.8) is 0 Å². The van der Waals surface area contributed by atoms with Crippen LogP contribution >= 0.6 is 0 Å². The summed E-state index contributed by atoms with van der Waals surface area (Å²) < 4.78 is 0. The van der Waals surface area contributed by atoms with E-state index >= 15 is 0 Å². The Morgan fingerprint density at radius 1 is 0.913 bits per heavy atom. The average Bonchev–Trinajstić information content (AvgIpc) is 2.79. The fourth-order valence-electron chi connectivity index (χ4n) is 2.90. The summed E-state index contributed by atoms with van der Waals surface area (Å²) in [6, 6.07) is 0.801. The average molecular weight is 451 g/mol. The molecule has 1 fully saturated rings. The van der Waals surface area contributed by atoms with Gasteiger partial charge in [0.1, 0.15) is 0 Å². The van der Waals surface area contributed by atoms with E-state index in [0.29, 0.717) is 12.1 Å². The van der Waals surface area contributed by atoms with Gasteiger partial charge in [0.05, 0.1) is 0 Å². The largest absolute Gasteiger partial charge is 0.676 e. The van der Waals surface area contributed by atoms with Crippen LogP contribution in [0.15, 0.2) is 0 Å². The molecule has 0 spiro atoms. The number of hydrogen-bond donors (Lipinski definition) is 0. The normalized spacial score (nSPS) is 14.7. The molecule has 0 aromatic carbocycles. The molecule has 4 heteroatoms. The summed E-state index contributed by atoms with van der Waals surface area (Å²) in [5, 5.41) is 8.70. The fraction of sp³-hybridized carbons (Fsp3) is 0.947. The van der Waals surface area contributed by atoms with Crippen molar-refractivity contribution in [3.05, 3.63) is 18.1 Å². The standard InChI is InChI=1S/C10H21N.C8H18N2.CH3.La/c1-11(2)9-5-8-10-6-3-4-7-10;1-6(2)9-8(5)10-7(3)4;;/h10H,3-9H2,1-2H3;6-8H,1-5H3;1H3;/q;-2;-1;. The van der Waals surface area contributed by atoms with E-state index in [1.54, 1.807) is 0 Å². The second-order valence-corrected chi connectivity index (χ2v) is 7.21. The van der Waals surface area contributed by atoms with Gasteiger partial charge in [-0.2, -0.15) is 0 Å². The molecule has 0 atom stereocenters. The van der Waals surface area contributed by atoms with E-state index < -0.39 is 0 Å². The van der Waals surface area contributed by atoms with Crippen molar-refractivity contribution >= 4 is 0 Å². The minimum Gasteiger partial charge on any atom is -0.676 e. The molecule has 3 nitrogen and oxygen atoms in total.